The van der Waals surface area contributed by atoms with Gasteiger partial charge in [0.2, 0.25) is 0 Å². The molecule has 1 aromatic heterocycles. The zero-order valence-corrected chi connectivity index (χ0v) is 9.01. The molecule has 3 rings (SSSR count). The molecule has 0 spiro atoms. The van der Waals surface area contributed by atoms with E-state index in [1.807, 2.05) is 0 Å². The molecule has 0 amide bonds. The summed E-state index contributed by atoms with van der Waals surface area (Å²) in [5, 5.41) is 8.00. The minimum absolute atomic E-state index is 0.303. The highest BCUT2D eigenvalue weighted by Gasteiger charge is 2.28. The fourth-order valence-corrected chi connectivity index (χ4v) is 1.81. The number of nitrogens with zero attached hydrogens (tertiary/aromatic N) is 3. The molecule has 0 N–H and O–H groups in total. The summed E-state index contributed by atoms with van der Waals surface area (Å²) in [6, 6.07) is 6.20. The Bertz CT molecular complexity index is 558. The van der Waals surface area contributed by atoms with Gasteiger partial charge < -0.3 is 0 Å². The lowest BCUT2D eigenvalue weighted by Crippen LogP contribution is -2.01. The third-order valence-electron chi connectivity index (χ3n) is 2.85. The number of hydrogen-bond donors (Lipinski definition) is 0. The van der Waals surface area contributed by atoms with E-state index in [4.69, 9.17) is 0 Å². The predicted octanol–water partition coefficient (Wildman–Crippen LogP) is 2.23. The van der Waals surface area contributed by atoms with Crippen LogP contribution in [0.3, 0.4) is 0 Å². The van der Waals surface area contributed by atoms with Gasteiger partial charge in [0.05, 0.1) is 6.04 Å². The Morgan fingerprint density at radius 2 is 2.00 bits per heavy atom. The Morgan fingerprint density at radius 3 is 2.59 bits per heavy atom. The molecule has 0 aliphatic heterocycles. The lowest BCUT2D eigenvalue weighted by molar-refractivity contribution is 0.111. The summed E-state index contributed by atoms with van der Waals surface area (Å²) in [6.45, 7) is 0. The van der Waals surface area contributed by atoms with E-state index in [1.54, 1.807) is 16.8 Å². The lowest BCUT2D eigenvalue weighted by atomic mass is 10.1. The van der Waals surface area contributed by atoms with Gasteiger partial charge in [-0.3, -0.25) is 4.79 Å². The first-order valence-electron chi connectivity index (χ1n) is 5.46. The molecule has 5 heteroatoms. The minimum atomic E-state index is -0.309. The molecular weight excluding hydrogens is 221 g/mol. The maximum Gasteiger partial charge on any atom is 0.170 e. The maximum atomic E-state index is 12.8. The number of halogens is 1. The minimum Gasteiger partial charge on any atom is -0.296 e. The van der Waals surface area contributed by atoms with Crippen LogP contribution < -0.4 is 0 Å². The topological polar surface area (TPSA) is 47.8 Å². The molecule has 4 nitrogen and oxygen atoms in total. The van der Waals surface area contributed by atoms with Crippen molar-refractivity contribution in [2.75, 3.05) is 0 Å². The second-order valence-corrected chi connectivity index (χ2v) is 4.12. The molecule has 0 bridgehead atoms. The van der Waals surface area contributed by atoms with Gasteiger partial charge in [0.1, 0.15) is 17.2 Å². The van der Waals surface area contributed by atoms with E-state index in [0.29, 0.717) is 23.0 Å². The van der Waals surface area contributed by atoms with Crippen molar-refractivity contribution in [3.8, 4) is 11.3 Å². The van der Waals surface area contributed by atoms with Crippen molar-refractivity contribution in [3.05, 3.63) is 35.8 Å². The quantitative estimate of drug-likeness (QED) is 0.761. The molecule has 1 aliphatic rings. The van der Waals surface area contributed by atoms with Gasteiger partial charge in [0.25, 0.3) is 0 Å². The van der Waals surface area contributed by atoms with E-state index >= 15 is 0 Å². The second kappa shape index (κ2) is 3.76. The molecule has 0 radical (unpaired) electrons. The molecule has 17 heavy (non-hydrogen) atoms. The van der Waals surface area contributed by atoms with Gasteiger partial charge >= 0.3 is 0 Å². The second-order valence-electron chi connectivity index (χ2n) is 4.12. The first-order valence-corrected chi connectivity index (χ1v) is 5.46. The molecule has 1 heterocycles. The summed E-state index contributed by atoms with van der Waals surface area (Å²) in [4.78, 5) is 11.1. The fraction of sp³-hybridized carbons (Fsp3) is 0.250. The van der Waals surface area contributed by atoms with Crippen LogP contribution in [0.15, 0.2) is 24.3 Å². The van der Waals surface area contributed by atoms with E-state index in [0.717, 1.165) is 19.1 Å². The number of carbonyl (C=O) groups excluding carboxylic acids is 1. The Labute approximate surface area is 97.1 Å². The molecule has 1 saturated carbocycles. The average Bonchev–Trinajstić information content (AvgIpc) is 3.10. The van der Waals surface area contributed by atoms with Crippen LogP contribution in [-0.4, -0.2) is 21.3 Å². The average molecular weight is 231 g/mol. The van der Waals surface area contributed by atoms with Crippen LogP contribution in [0.2, 0.25) is 0 Å². The SMILES string of the molecule is O=Cc1c(-c2ccc(F)cc2)nnn1C1CC1. The first kappa shape index (κ1) is 10.1. The summed E-state index contributed by atoms with van der Waals surface area (Å²) < 4.78 is 14.5. The van der Waals surface area contributed by atoms with Crippen molar-refractivity contribution in [1.82, 2.24) is 15.0 Å². The molecule has 0 unspecified atom stereocenters. The van der Waals surface area contributed by atoms with E-state index in [9.17, 15) is 9.18 Å². The number of benzene rings is 1. The highest BCUT2D eigenvalue weighted by atomic mass is 19.1. The molecule has 2 aromatic rings. The van der Waals surface area contributed by atoms with Gasteiger partial charge in [0, 0.05) is 5.56 Å². The smallest absolute Gasteiger partial charge is 0.170 e. The third-order valence-corrected chi connectivity index (χ3v) is 2.85. The van der Waals surface area contributed by atoms with Gasteiger partial charge in [-0.05, 0) is 37.1 Å². The molecule has 1 aliphatic carbocycles. The van der Waals surface area contributed by atoms with Crippen molar-refractivity contribution in [1.29, 1.82) is 0 Å². The molecule has 0 saturated heterocycles. The van der Waals surface area contributed by atoms with Crippen LogP contribution in [0, 0.1) is 5.82 Å². The number of rotatable bonds is 3. The summed E-state index contributed by atoms with van der Waals surface area (Å²) in [5.41, 5.74) is 1.70. The maximum absolute atomic E-state index is 12.8. The van der Waals surface area contributed by atoms with Gasteiger partial charge in [-0.2, -0.15) is 0 Å². The van der Waals surface area contributed by atoms with Crippen molar-refractivity contribution >= 4 is 6.29 Å². The van der Waals surface area contributed by atoms with Gasteiger partial charge in [-0.25, -0.2) is 9.07 Å². The molecule has 86 valence electrons. The zero-order valence-electron chi connectivity index (χ0n) is 9.01. The van der Waals surface area contributed by atoms with Crippen LogP contribution in [0.4, 0.5) is 4.39 Å². The van der Waals surface area contributed by atoms with Crippen molar-refractivity contribution in [3.63, 3.8) is 0 Å². The zero-order chi connectivity index (χ0) is 11.8. The number of aldehydes is 1. The van der Waals surface area contributed by atoms with E-state index in [-0.39, 0.29) is 5.82 Å². The molecule has 1 fully saturated rings. The normalized spacial score (nSPS) is 14.9. The van der Waals surface area contributed by atoms with Crippen molar-refractivity contribution in [2.24, 2.45) is 0 Å². The van der Waals surface area contributed by atoms with Gasteiger partial charge in [-0.15, -0.1) is 5.10 Å². The monoisotopic (exact) mass is 231 g/mol. The van der Waals surface area contributed by atoms with Crippen LogP contribution in [0.5, 0.6) is 0 Å². The third kappa shape index (κ3) is 1.73. The standard InChI is InChI=1S/C12H10FN3O/c13-9-3-1-8(2-4-9)12-11(7-17)16(15-14-12)10-5-6-10/h1-4,7,10H,5-6H2. The highest BCUT2D eigenvalue weighted by Crippen LogP contribution is 2.36. The van der Waals surface area contributed by atoms with Crippen LogP contribution >= 0.6 is 0 Å². The van der Waals surface area contributed by atoms with Crippen molar-refractivity contribution < 1.29 is 9.18 Å². The summed E-state index contributed by atoms with van der Waals surface area (Å²) in [7, 11) is 0. The summed E-state index contributed by atoms with van der Waals surface area (Å²) in [6.07, 6.45) is 2.83. The van der Waals surface area contributed by atoms with Gasteiger partial charge in [0.15, 0.2) is 6.29 Å². The Balaban J connectivity index is 2.07. The molecule has 1 aromatic carbocycles. The first-order chi connectivity index (χ1) is 8.29. The van der Waals surface area contributed by atoms with Crippen LogP contribution in [0.1, 0.15) is 29.4 Å². The van der Waals surface area contributed by atoms with Gasteiger partial charge in [-0.1, -0.05) is 5.21 Å². The molecule has 0 atom stereocenters. The predicted molar refractivity (Wildman–Crippen MR) is 59.1 cm³/mol. The number of aromatic nitrogens is 3. The van der Waals surface area contributed by atoms with Crippen molar-refractivity contribution in [2.45, 2.75) is 18.9 Å². The largest absolute Gasteiger partial charge is 0.296 e. The number of carbonyl (C=O) groups is 1. The number of hydrogen-bond acceptors (Lipinski definition) is 3. The highest BCUT2D eigenvalue weighted by molar-refractivity contribution is 5.83. The van der Waals surface area contributed by atoms with Crippen LogP contribution in [0.25, 0.3) is 11.3 Å². The van der Waals surface area contributed by atoms with E-state index < -0.39 is 0 Å². The van der Waals surface area contributed by atoms with E-state index in [1.165, 1.54) is 12.1 Å². The Hall–Kier alpha value is -2.04. The van der Waals surface area contributed by atoms with Crippen LogP contribution in [-0.2, 0) is 0 Å². The van der Waals surface area contributed by atoms with E-state index in [2.05, 4.69) is 10.3 Å². The summed E-state index contributed by atoms with van der Waals surface area (Å²) in [5.74, 6) is -0.309. The Morgan fingerprint density at radius 1 is 1.29 bits per heavy atom. The Kier molecular flexibility index (Phi) is 2.24. The summed E-state index contributed by atoms with van der Waals surface area (Å²) >= 11 is 0. The molecular formula is C12H10FN3O. The lowest BCUT2D eigenvalue weighted by Gasteiger charge is -2.00. The fourth-order valence-electron chi connectivity index (χ4n) is 1.81.